The third kappa shape index (κ3) is 5.10. The summed E-state index contributed by atoms with van der Waals surface area (Å²) in [6, 6.07) is 0. The Kier molecular flexibility index (Phi) is 4.42. The minimum atomic E-state index is -1.81. The Bertz CT molecular complexity index is 310. The average molecular weight is 243 g/mol. The molecule has 1 amide bonds. The molecule has 6 nitrogen and oxygen atoms in total. The first kappa shape index (κ1) is 13.9. The second-order valence-corrected chi connectivity index (χ2v) is 4.79. The maximum Gasteiger partial charge on any atom is 0.707 e. The van der Waals surface area contributed by atoms with Crippen molar-refractivity contribution in [3.63, 3.8) is 0 Å². The number of amides is 1. The largest absolute Gasteiger partial charge is 0.707 e. The maximum absolute atomic E-state index is 11.7. The molecule has 2 N–H and O–H groups in total. The normalized spacial score (nSPS) is 16.3. The number of hydrogen-bond acceptors (Lipinski definition) is 5. The highest BCUT2D eigenvalue weighted by atomic mass is 16.6. The van der Waals surface area contributed by atoms with Crippen molar-refractivity contribution in [1.29, 1.82) is 0 Å². The van der Waals surface area contributed by atoms with Gasteiger partial charge in [0.2, 0.25) is 0 Å². The van der Waals surface area contributed by atoms with Crippen molar-refractivity contribution in [2.24, 2.45) is 0 Å². The van der Waals surface area contributed by atoms with Crippen LogP contribution in [-0.2, 0) is 9.39 Å². The van der Waals surface area contributed by atoms with Crippen LogP contribution in [0.5, 0.6) is 0 Å². The maximum atomic E-state index is 11.7. The molecule has 7 heteroatoms. The van der Waals surface area contributed by atoms with Gasteiger partial charge in [-0.2, -0.15) is 0 Å². The monoisotopic (exact) mass is 243 g/mol. The lowest BCUT2D eigenvalue weighted by Crippen LogP contribution is -2.39. The molecule has 1 heterocycles. The molecule has 0 aliphatic carbocycles. The van der Waals surface area contributed by atoms with Crippen molar-refractivity contribution < 1.29 is 24.2 Å². The molecule has 0 unspecified atom stereocenters. The molecule has 0 aromatic rings. The third-order valence-corrected chi connectivity index (χ3v) is 2.08. The summed E-state index contributed by atoms with van der Waals surface area (Å²) in [5.41, 5.74) is -0.515. The molecule has 0 atom stereocenters. The van der Waals surface area contributed by atoms with Gasteiger partial charge in [0.1, 0.15) is 5.60 Å². The van der Waals surface area contributed by atoms with Crippen molar-refractivity contribution in [2.75, 3.05) is 13.1 Å². The summed E-state index contributed by atoms with van der Waals surface area (Å²) < 4.78 is 9.93. The van der Waals surface area contributed by atoms with Crippen LogP contribution in [0.25, 0.3) is 0 Å². The fourth-order valence-electron chi connectivity index (χ4n) is 1.39. The van der Waals surface area contributed by atoms with E-state index in [1.54, 1.807) is 26.8 Å². The molecule has 96 valence electrons. The summed E-state index contributed by atoms with van der Waals surface area (Å²) in [4.78, 5) is 13.2. The Morgan fingerprint density at radius 1 is 1.47 bits per heavy atom. The molecule has 0 saturated heterocycles. The predicted molar refractivity (Wildman–Crippen MR) is 61.8 cm³/mol. The molecular formula is C10H18BNO5. The van der Waals surface area contributed by atoms with Gasteiger partial charge in [0.15, 0.2) is 0 Å². The van der Waals surface area contributed by atoms with E-state index >= 15 is 0 Å². The Morgan fingerprint density at radius 3 is 2.53 bits per heavy atom. The molecule has 1 aliphatic rings. The molecule has 1 rings (SSSR count). The highest BCUT2D eigenvalue weighted by Crippen LogP contribution is 2.16. The molecular weight excluding hydrogens is 225 g/mol. The Labute approximate surface area is 101 Å². The van der Waals surface area contributed by atoms with E-state index in [4.69, 9.17) is 19.4 Å². The van der Waals surface area contributed by atoms with Crippen LogP contribution in [0.3, 0.4) is 0 Å². The summed E-state index contributed by atoms with van der Waals surface area (Å²) in [5.74, 6) is 0.472. The number of rotatable bonds is 2. The highest BCUT2D eigenvalue weighted by Gasteiger charge is 2.25. The molecule has 0 saturated carbocycles. The summed E-state index contributed by atoms with van der Waals surface area (Å²) in [6.45, 7) is 6.20. The van der Waals surface area contributed by atoms with E-state index in [-0.39, 0.29) is 6.09 Å². The zero-order valence-corrected chi connectivity index (χ0v) is 10.3. The van der Waals surface area contributed by atoms with E-state index in [1.165, 1.54) is 4.90 Å². The van der Waals surface area contributed by atoms with Crippen LogP contribution in [0, 0.1) is 0 Å². The predicted octanol–water partition coefficient (Wildman–Crippen LogP) is 0.497. The fourth-order valence-corrected chi connectivity index (χ4v) is 1.39. The zero-order chi connectivity index (χ0) is 13.1. The second-order valence-electron chi connectivity index (χ2n) is 4.79. The van der Waals surface area contributed by atoms with Gasteiger partial charge >= 0.3 is 13.4 Å². The molecule has 0 radical (unpaired) electrons. The summed E-state index contributed by atoms with van der Waals surface area (Å²) in [7, 11) is -1.81. The minimum absolute atomic E-state index is 0.344. The summed E-state index contributed by atoms with van der Waals surface area (Å²) >= 11 is 0. The topological polar surface area (TPSA) is 79.2 Å². The van der Waals surface area contributed by atoms with Gasteiger partial charge in [-0.05, 0) is 26.8 Å². The Hall–Kier alpha value is -1.21. The first-order chi connectivity index (χ1) is 7.78. The van der Waals surface area contributed by atoms with E-state index in [2.05, 4.69) is 0 Å². The van der Waals surface area contributed by atoms with Gasteiger partial charge in [-0.1, -0.05) is 0 Å². The van der Waals surface area contributed by atoms with Gasteiger partial charge in [-0.3, -0.25) is 0 Å². The van der Waals surface area contributed by atoms with Gasteiger partial charge in [0.25, 0.3) is 0 Å². The van der Waals surface area contributed by atoms with E-state index < -0.39 is 12.9 Å². The number of carbonyl (C=O) groups is 1. The van der Waals surface area contributed by atoms with E-state index in [1.807, 2.05) is 0 Å². The molecule has 17 heavy (non-hydrogen) atoms. The van der Waals surface area contributed by atoms with E-state index in [0.29, 0.717) is 25.3 Å². The van der Waals surface area contributed by atoms with Crippen molar-refractivity contribution in [2.45, 2.75) is 32.8 Å². The number of hydrogen-bond donors (Lipinski definition) is 2. The van der Waals surface area contributed by atoms with E-state index in [0.717, 1.165) is 0 Å². The van der Waals surface area contributed by atoms with Gasteiger partial charge in [0.05, 0.1) is 5.76 Å². The van der Waals surface area contributed by atoms with Crippen LogP contribution in [-0.4, -0.2) is 47.1 Å². The van der Waals surface area contributed by atoms with Crippen molar-refractivity contribution in [3.05, 3.63) is 11.8 Å². The van der Waals surface area contributed by atoms with Crippen LogP contribution in [0.4, 0.5) is 4.79 Å². The molecule has 0 aromatic carbocycles. The number of nitrogens with zero attached hydrogens (tertiary/aromatic N) is 1. The third-order valence-electron chi connectivity index (χ3n) is 2.08. The van der Waals surface area contributed by atoms with Crippen LogP contribution >= 0.6 is 0 Å². The summed E-state index contributed by atoms with van der Waals surface area (Å²) in [5, 5.41) is 17.2. The number of carbonyl (C=O) groups excluding carboxylic acids is 1. The molecule has 1 aliphatic heterocycles. The second kappa shape index (κ2) is 5.42. The SMILES string of the molecule is CC(C)(C)OC(=O)N1CC=C(OB(O)O)CC1. The van der Waals surface area contributed by atoms with Crippen LogP contribution < -0.4 is 0 Å². The lowest BCUT2D eigenvalue weighted by Gasteiger charge is -2.29. The van der Waals surface area contributed by atoms with Crippen molar-refractivity contribution >= 4 is 13.4 Å². The molecule has 0 spiro atoms. The first-order valence-electron chi connectivity index (χ1n) is 5.48. The quantitative estimate of drug-likeness (QED) is 0.690. The fraction of sp³-hybridized carbons (Fsp3) is 0.700. The smallest absolute Gasteiger partial charge is 0.516 e. The number of ether oxygens (including phenoxy) is 1. The van der Waals surface area contributed by atoms with E-state index in [9.17, 15) is 4.79 Å². The van der Waals surface area contributed by atoms with Gasteiger partial charge in [-0.25, -0.2) is 4.79 Å². The molecule has 0 bridgehead atoms. The van der Waals surface area contributed by atoms with Crippen molar-refractivity contribution in [1.82, 2.24) is 4.90 Å². The lowest BCUT2D eigenvalue weighted by atomic mass is 10.2. The summed E-state index contributed by atoms with van der Waals surface area (Å²) in [6.07, 6.45) is 1.70. The molecule has 0 aromatic heterocycles. The standard InChI is InChI=1S/C10H18BNO5/c1-10(2,3)16-9(13)12-6-4-8(5-7-12)17-11(14)15/h4,14-15H,5-7H2,1-3H3. The minimum Gasteiger partial charge on any atom is -0.516 e. The van der Waals surface area contributed by atoms with Crippen molar-refractivity contribution in [3.8, 4) is 0 Å². The van der Waals surface area contributed by atoms with Gasteiger partial charge < -0.3 is 24.3 Å². The van der Waals surface area contributed by atoms with Crippen LogP contribution in [0.2, 0.25) is 0 Å². The zero-order valence-electron chi connectivity index (χ0n) is 10.3. The average Bonchev–Trinajstić information content (AvgIpc) is 2.15. The highest BCUT2D eigenvalue weighted by molar-refractivity contribution is 6.33. The van der Waals surface area contributed by atoms with Crippen LogP contribution in [0.1, 0.15) is 27.2 Å². The molecule has 0 fully saturated rings. The van der Waals surface area contributed by atoms with Crippen LogP contribution in [0.15, 0.2) is 11.8 Å². The Balaban J connectivity index is 2.46. The first-order valence-corrected chi connectivity index (χ1v) is 5.48. The van der Waals surface area contributed by atoms with Gasteiger partial charge in [-0.15, -0.1) is 0 Å². The van der Waals surface area contributed by atoms with Gasteiger partial charge in [0, 0.05) is 19.5 Å². The lowest BCUT2D eigenvalue weighted by molar-refractivity contribution is 0.0256. The Morgan fingerprint density at radius 2 is 2.12 bits per heavy atom.